The van der Waals surface area contributed by atoms with Gasteiger partial charge in [0, 0.05) is 19.2 Å². The normalized spacial score (nSPS) is 11.2. The molecule has 0 aliphatic carbocycles. The monoisotopic (exact) mass is 319 g/mol. The summed E-state index contributed by atoms with van der Waals surface area (Å²) in [4.78, 5) is 0. The fraction of sp³-hybridized carbons (Fsp3) is 0.357. The van der Waals surface area contributed by atoms with Crippen molar-refractivity contribution < 1.29 is 13.2 Å². The third-order valence-corrected chi connectivity index (χ3v) is 3.03. The maximum atomic E-state index is 12.8. The number of aryl methyl sites for hydroxylation is 1. The van der Waals surface area contributed by atoms with Crippen LogP contribution in [-0.4, -0.2) is 16.3 Å². The first kappa shape index (κ1) is 17.5. The third-order valence-electron chi connectivity index (χ3n) is 3.03. The Morgan fingerprint density at radius 2 is 1.86 bits per heavy atom. The van der Waals surface area contributed by atoms with Crippen molar-refractivity contribution in [3.63, 3.8) is 0 Å². The third kappa shape index (κ3) is 4.75. The fourth-order valence-corrected chi connectivity index (χ4v) is 2.08. The van der Waals surface area contributed by atoms with Crippen LogP contribution in [0.4, 0.5) is 13.2 Å². The van der Waals surface area contributed by atoms with Gasteiger partial charge in [0.25, 0.3) is 0 Å². The highest BCUT2D eigenvalue weighted by molar-refractivity contribution is 5.85. The Hall–Kier alpha value is -1.53. The fourth-order valence-electron chi connectivity index (χ4n) is 2.08. The zero-order valence-electron chi connectivity index (χ0n) is 11.5. The molecule has 2 aromatic rings. The average Bonchev–Trinajstić information content (AvgIpc) is 2.77. The molecule has 0 amide bonds. The molecule has 0 bridgehead atoms. The van der Waals surface area contributed by atoms with Crippen LogP contribution >= 0.6 is 12.4 Å². The van der Waals surface area contributed by atoms with Crippen LogP contribution in [0.1, 0.15) is 16.8 Å². The predicted octanol–water partition coefficient (Wildman–Crippen LogP) is 3.19. The average molecular weight is 320 g/mol. The molecule has 7 heteroatoms. The topological polar surface area (TPSA) is 29.9 Å². The van der Waals surface area contributed by atoms with Crippen LogP contribution in [0.3, 0.4) is 0 Å². The lowest BCUT2D eigenvalue weighted by Gasteiger charge is -2.10. The van der Waals surface area contributed by atoms with Crippen molar-refractivity contribution in [1.82, 2.24) is 15.1 Å². The van der Waals surface area contributed by atoms with Crippen molar-refractivity contribution in [1.29, 1.82) is 0 Å². The summed E-state index contributed by atoms with van der Waals surface area (Å²) < 4.78 is 39.4. The second kappa shape index (κ2) is 7.47. The second-order valence-electron chi connectivity index (χ2n) is 4.55. The van der Waals surface area contributed by atoms with E-state index in [0.29, 0.717) is 6.54 Å². The Labute approximate surface area is 127 Å². The molecule has 2 rings (SSSR count). The van der Waals surface area contributed by atoms with Crippen molar-refractivity contribution in [3.05, 3.63) is 53.3 Å². The van der Waals surface area contributed by atoms with Gasteiger partial charge in [-0.15, -0.1) is 12.4 Å². The molecule has 0 saturated heterocycles. The Morgan fingerprint density at radius 3 is 2.48 bits per heavy atom. The van der Waals surface area contributed by atoms with Crippen molar-refractivity contribution in [3.8, 4) is 0 Å². The summed E-state index contributed by atoms with van der Waals surface area (Å²) in [6.45, 7) is 0.783. The van der Waals surface area contributed by atoms with Crippen molar-refractivity contribution >= 4 is 12.4 Å². The molecule has 0 atom stereocenters. The summed E-state index contributed by atoms with van der Waals surface area (Å²) in [6, 6.07) is 9.80. The Balaban J connectivity index is 0.00000220. The van der Waals surface area contributed by atoms with E-state index in [9.17, 15) is 13.2 Å². The number of nitrogens with one attached hydrogen (secondary N) is 1. The summed E-state index contributed by atoms with van der Waals surface area (Å²) in [5, 5.41) is 6.70. The van der Waals surface area contributed by atoms with Crippen molar-refractivity contribution in [2.45, 2.75) is 19.1 Å². The van der Waals surface area contributed by atoms with Gasteiger partial charge in [0.2, 0.25) is 0 Å². The van der Waals surface area contributed by atoms with Crippen LogP contribution in [0.15, 0.2) is 36.5 Å². The van der Waals surface area contributed by atoms with Crippen molar-refractivity contribution in [2.24, 2.45) is 7.05 Å². The number of alkyl halides is 3. The number of halogens is 4. The Kier molecular flexibility index (Phi) is 6.23. The minimum atomic E-state index is -4.37. The number of aromatic nitrogens is 2. The predicted molar refractivity (Wildman–Crippen MR) is 77.3 cm³/mol. The number of hydrogen-bond donors (Lipinski definition) is 1. The van der Waals surface area contributed by atoms with E-state index in [4.69, 9.17) is 0 Å². The van der Waals surface area contributed by atoms with Gasteiger partial charge in [-0.3, -0.25) is 4.68 Å². The van der Waals surface area contributed by atoms with Gasteiger partial charge in [-0.25, -0.2) is 0 Å². The molecule has 1 aromatic carbocycles. The molecule has 1 N–H and O–H groups in total. The van der Waals surface area contributed by atoms with E-state index >= 15 is 0 Å². The summed E-state index contributed by atoms with van der Waals surface area (Å²) in [5.74, 6) is 0. The standard InChI is InChI=1S/C14H16F3N3.ClH/c1-20-13(14(15,16)17)12(10-19-20)9-18-8-7-11-5-3-2-4-6-11;/h2-6,10,18H,7-9H2,1H3;1H. The van der Waals surface area contributed by atoms with Crippen LogP contribution in [0, 0.1) is 0 Å². The van der Waals surface area contributed by atoms with Crippen LogP contribution in [0.5, 0.6) is 0 Å². The second-order valence-corrected chi connectivity index (χ2v) is 4.55. The first-order chi connectivity index (χ1) is 9.48. The Morgan fingerprint density at radius 1 is 1.19 bits per heavy atom. The van der Waals surface area contributed by atoms with E-state index in [1.807, 2.05) is 30.3 Å². The van der Waals surface area contributed by atoms with Gasteiger partial charge < -0.3 is 5.32 Å². The van der Waals surface area contributed by atoms with Crippen molar-refractivity contribution in [2.75, 3.05) is 6.54 Å². The zero-order valence-corrected chi connectivity index (χ0v) is 12.3. The van der Waals surface area contributed by atoms with Crippen LogP contribution in [0.2, 0.25) is 0 Å². The van der Waals surface area contributed by atoms with Gasteiger partial charge in [0.15, 0.2) is 0 Å². The molecule has 0 saturated carbocycles. The summed E-state index contributed by atoms with van der Waals surface area (Å²) in [5.41, 5.74) is 0.639. The first-order valence-corrected chi connectivity index (χ1v) is 6.31. The smallest absolute Gasteiger partial charge is 0.312 e. The largest absolute Gasteiger partial charge is 0.433 e. The minimum absolute atomic E-state index is 0. The molecule has 0 aliphatic heterocycles. The van der Waals surface area contributed by atoms with E-state index in [-0.39, 0.29) is 24.5 Å². The molecule has 0 spiro atoms. The van der Waals surface area contributed by atoms with E-state index in [0.717, 1.165) is 16.7 Å². The van der Waals surface area contributed by atoms with E-state index in [1.165, 1.54) is 13.2 Å². The molecule has 1 heterocycles. The summed E-state index contributed by atoms with van der Waals surface area (Å²) in [7, 11) is 1.30. The highest BCUT2D eigenvalue weighted by Gasteiger charge is 2.36. The van der Waals surface area contributed by atoms with Gasteiger partial charge in [0.05, 0.1) is 6.20 Å². The highest BCUT2D eigenvalue weighted by Crippen LogP contribution is 2.31. The van der Waals surface area contributed by atoms with E-state index < -0.39 is 11.9 Å². The number of nitrogens with zero attached hydrogens (tertiary/aromatic N) is 2. The lowest BCUT2D eigenvalue weighted by Crippen LogP contribution is -2.20. The Bertz CT molecular complexity index is 552. The van der Waals surface area contributed by atoms with Gasteiger partial charge in [-0.2, -0.15) is 18.3 Å². The van der Waals surface area contributed by atoms with Crippen LogP contribution in [-0.2, 0) is 26.2 Å². The SMILES string of the molecule is Cl.Cn1ncc(CNCCc2ccccc2)c1C(F)(F)F. The number of hydrogen-bond acceptors (Lipinski definition) is 2. The molecule has 0 fully saturated rings. The number of benzene rings is 1. The minimum Gasteiger partial charge on any atom is -0.312 e. The number of rotatable bonds is 5. The van der Waals surface area contributed by atoms with Gasteiger partial charge in [0.1, 0.15) is 5.69 Å². The zero-order chi connectivity index (χ0) is 14.6. The first-order valence-electron chi connectivity index (χ1n) is 6.31. The van der Waals surface area contributed by atoms with Gasteiger partial charge in [-0.05, 0) is 18.5 Å². The van der Waals surface area contributed by atoms with E-state index in [1.54, 1.807) is 0 Å². The lowest BCUT2D eigenvalue weighted by atomic mass is 10.1. The maximum absolute atomic E-state index is 12.8. The maximum Gasteiger partial charge on any atom is 0.433 e. The van der Waals surface area contributed by atoms with Crippen LogP contribution in [0.25, 0.3) is 0 Å². The molecular weight excluding hydrogens is 303 g/mol. The lowest BCUT2D eigenvalue weighted by molar-refractivity contribution is -0.144. The molecule has 0 unspecified atom stereocenters. The molecule has 1 aromatic heterocycles. The molecule has 0 aliphatic rings. The molecule has 21 heavy (non-hydrogen) atoms. The summed E-state index contributed by atoms with van der Waals surface area (Å²) >= 11 is 0. The van der Waals surface area contributed by atoms with Crippen LogP contribution < -0.4 is 5.32 Å². The molecular formula is C14H17ClF3N3. The molecule has 116 valence electrons. The molecule has 3 nitrogen and oxygen atoms in total. The van der Waals surface area contributed by atoms with Gasteiger partial charge in [-0.1, -0.05) is 30.3 Å². The molecule has 0 radical (unpaired) electrons. The quantitative estimate of drug-likeness (QED) is 0.858. The van der Waals surface area contributed by atoms with Gasteiger partial charge >= 0.3 is 6.18 Å². The highest BCUT2D eigenvalue weighted by atomic mass is 35.5. The summed E-state index contributed by atoms with van der Waals surface area (Å²) in [6.07, 6.45) is -2.33. The van der Waals surface area contributed by atoms with E-state index in [2.05, 4.69) is 10.4 Å².